The van der Waals surface area contributed by atoms with Gasteiger partial charge in [0, 0.05) is 31.5 Å². The summed E-state index contributed by atoms with van der Waals surface area (Å²) in [7, 11) is 0. The number of hydrogen-bond donors (Lipinski definition) is 4. The highest BCUT2D eigenvalue weighted by Crippen LogP contribution is 2.19. The lowest BCUT2D eigenvalue weighted by molar-refractivity contribution is -0.127. The Balaban J connectivity index is 1.92. The summed E-state index contributed by atoms with van der Waals surface area (Å²) in [5.74, 6) is -1.30. The minimum atomic E-state index is -0.911. The van der Waals surface area contributed by atoms with Gasteiger partial charge in [-0.15, -0.1) is 0 Å². The number of rotatable bonds is 5. The molecule has 1 atom stereocenters. The van der Waals surface area contributed by atoms with Crippen LogP contribution < -0.4 is 21.7 Å². The summed E-state index contributed by atoms with van der Waals surface area (Å²) >= 11 is 0. The van der Waals surface area contributed by atoms with Gasteiger partial charge in [0.2, 0.25) is 17.7 Å². The summed E-state index contributed by atoms with van der Waals surface area (Å²) in [6.45, 7) is 0.819. The van der Waals surface area contributed by atoms with Crippen molar-refractivity contribution in [2.75, 3.05) is 13.1 Å². The van der Waals surface area contributed by atoms with E-state index in [1.165, 1.54) is 6.42 Å². The first-order valence-electron chi connectivity index (χ1n) is 15.6. The average Bonchev–Trinajstić information content (AvgIpc) is 3.01. The lowest BCUT2D eigenvalue weighted by Crippen LogP contribution is -2.47. The third kappa shape index (κ3) is 12.7. The number of carbonyl (C=O) groups is 4. The molecule has 8 heteroatoms. The van der Waals surface area contributed by atoms with Gasteiger partial charge < -0.3 is 21.7 Å². The lowest BCUT2D eigenvalue weighted by atomic mass is 10.0. The van der Waals surface area contributed by atoms with Crippen molar-refractivity contribution >= 4 is 34.8 Å². The molecule has 4 amide bonds. The van der Waals surface area contributed by atoms with Crippen LogP contribution in [-0.2, 0) is 19.2 Å². The summed E-state index contributed by atoms with van der Waals surface area (Å²) in [6.07, 6.45) is 13.6. The third-order valence-electron chi connectivity index (χ3n) is 7.58. The zero-order valence-electron chi connectivity index (χ0n) is 25.1. The van der Waals surface area contributed by atoms with Crippen LogP contribution in [0.5, 0.6) is 0 Å². The van der Waals surface area contributed by atoms with Gasteiger partial charge in [0.05, 0.1) is 0 Å². The molecule has 0 spiro atoms. The second-order valence-corrected chi connectivity index (χ2v) is 11.0. The fraction of sp³-hybridized carbons (Fsp3) is 0.429. The molecule has 1 heterocycles. The van der Waals surface area contributed by atoms with Crippen LogP contribution in [0.15, 0.2) is 72.8 Å². The van der Waals surface area contributed by atoms with Crippen molar-refractivity contribution in [2.24, 2.45) is 5.73 Å². The fourth-order valence-corrected chi connectivity index (χ4v) is 5.07. The van der Waals surface area contributed by atoms with E-state index in [0.29, 0.717) is 30.6 Å². The number of primary amides is 1. The number of allylic oxidation sites excluding steroid dienone is 2. The van der Waals surface area contributed by atoms with Crippen LogP contribution >= 0.6 is 0 Å². The Bertz CT molecular complexity index is 1240. The molecule has 0 aromatic heterocycles. The van der Waals surface area contributed by atoms with Gasteiger partial charge >= 0.3 is 0 Å². The van der Waals surface area contributed by atoms with E-state index in [9.17, 15) is 19.2 Å². The lowest BCUT2D eigenvalue weighted by Gasteiger charge is -2.19. The van der Waals surface area contributed by atoms with Gasteiger partial charge in [0.15, 0.2) is 0 Å². The summed E-state index contributed by atoms with van der Waals surface area (Å²) in [4.78, 5) is 51.0. The van der Waals surface area contributed by atoms with E-state index >= 15 is 0 Å². The van der Waals surface area contributed by atoms with E-state index in [1.807, 2.05) is 66.7 Å². The Morgan fingerprint density at radius 3 is 1.93 bits per heavy atom. The van der Waals surface area contributed by atoms with Gasteiger partial charge in [-0.25, -0.2) is 0 Å². The van der Waals surface area contributed by atoms with E-state index in [-0.39, 0.29) is 24.7 Å². The maximum atomic E-state index is 13.7. The molecule has 0 bridgehead atoms. The molecule has 2 aromatic rings. The Hall–Kier alpha value is -4.20. The van der Waals surface area contributed by atoms with Crippen LogP contribution in [0.2, 0.25) is 0 Å². The topological polar surface area (TPSA) is 130 Å². The van der Waals surface area contributed by atoms with E-state index in [2.05, 4.69) is 16.0 Å². The quantitative estimate of drug-likeness (QED) is 0.391. The minimum absolute atomic E-state index is 0.00790. The number of nitrogens with one attached hydrogen (secondary N) is 3. The van der Waals surface area contributed by atoms with Crippen molar-refractivity contribution in [3.8, 4) is 0 Å². The number of nitrogens with two attached hydrogens (primary N) is 1. The molecule has 2 aromatic carbocycles. The Kier molecular flexibility index (Phi) is 14.8. The standard InChI is InChI=1S/C35H46N4O4/c36-32(40)24-23-31-35(43)37-25-15-7-5-3-1-2-4-6-14-20-33(41)38-26-29(27-16-10-8-11-17-27)21-22-30(34(42)39-31)28-18-12-9-13-19-28/h8-13,16-19,21-22,31H,1-7,14-15,20,23-26H2,(H2,36,40)(H,37,43)(H,38,41)(H,39,42)/b29-21+,30-22-/t31-/m0/s1. The van der Waals surface area contributed by atoms with Crippen molar-refractivity contribution in [1.29, 1.82) is 0 Å². The molecule has 0 unspecified atom stereocenters. The highest BCUT2D eigenvalue weighted by atomic mass is 16.2. The third-order valence-corrected chi connectivity index (χ3v) is 7.58. The summed E-state index contributed by atoms with van der Waals surface area (Å²) in [5.41, 5.74) is 8.18. The first-order chi connectivity index (χ1) is 20.9. The Morgan fingerprint density at radius 2 is 1.30 bits per heavy atom. The Morgan fingerprint density at radius 1 is 0.721 bits per heavy atom. The van der Waals surface area contributed by atoms with Gasteiger partial charge in [0.25, 0.3) is 5.91 Å². The zero-order valence-corrected chi connectivity index (χ0v) is 25.1. The van der Waals surface area contributed by atoms with Crippen LogP contribution in [0, 0.1) is 0 Å². The van der Waals surface area contributed by atoms with Crippen LogP contribution in [0.25, 0.3) is 11.1 Å². The number of carbonyl (C=O) groups excluding carboxylic acids is 4. The average molecular weight is 587 g/mol. The van der Waals surface area contributed by atoms with Crippen LogP contribution in [-0.4, -0.2) is 42.8 Å². The van der Waals surface area contributed by atoms with E-state index in [1.54, 1.807) is 6.08 Å². The molecular formula is C35H46N4O4. The predicted octanol–water partition coefficient (Wildman–Crippen LogP) is 5.05. The first kappa shape index (κ1) is 33.3. The molecular weight excluding hydrogens is 540 g/mol. The van der Waals surface area contributed by atoms with Gasteiger partial charge in [-0.3, -0.25) is 19.2 Å². The van der Waals surface area contributed by atoms with Crippen molar-refractivity contribution in [2.45, 2.75) is 83.1 Å². The fourth-order valence-electron chi connectivity index (χ4n) is 5.07. The van der Waals surface area contributed by atoms with E-state index < -0.39 is 17.9 Å². The van der Waals surface area contributed by atoms with Crippen LogP contribution in [0.3, 0.4) is 0 Å². The maximum absolute atomic E-state index is 13.7. The molecule has 1 aliphatic heterocycles. The summed E-state index contributed by atoms with van der Waals surface area (Å²) in [6, 6.07) is 18.0. The van der Waals surface area contributed by atoms with E-state index in [0.717, 1.165) is 62.5 Å². The van der Waals surface area contributed by atoms with Crippen molar-refractivity contribution in [1.82, 2.24) is 16.0 Å². The molecule has 0 aliphatic carbocycles. The number of benzene rings is 2. The number of amides is 4. The zero-order chi connectivity index (χ0) is 30.7. The van der Waals surface area contributed by atoms with Gasteiger partial charge in [0.1, 0.15) is 6.04 Å². The first-order valence-corrected chi connectivity index (χ1v) is 15.6. The molecule has 230 valence electrons. The molecule has 0 saturated carbocycles. The maximum Gasteiger partial charge on any atom is 0.252 e. The SMILES string of the molecule is NC(=O)CC[C@@H]1NC(=O)/C(c2ccccc2)=C\C=C(\c2ccccc2)CNC(=O)CCCCCCCCCCCNC1=O. The normalized spacial score (nSPS) is 21.6. The van der Waals surface area contributed by atoms with Crippen LogP contribution in [0.1, 0.15) is 88.2 Å². The van der Waals surface area contributed by atoms with Crippen molar-refractivity contribution in [3.05, 3.63) is 83.9 Å². The van der Waals surface area contributed by atoms with Gasteiger partial charge in [-0.2, -0.15) is 0 Å². The molecule has 43 heavy (non-hydrogen) atoms. The largest absolute Gasteiger partial charge is 0.370 e. The highest BCUT2D eigenvalue weighted by molar-refractivity contribution is 6.20. The second kappa shape index (κ2) is 19.1. The smallest absolute Gasteiger partial charge is 0.252 e. The van der Waals surface area contributed by atoms with Crippen LogP contribution in [0.4, 0.5) is 0 Å². The highest BCUT2D eigenvalue weighted by Gasteiger charge is 2.23. The summed E-state index contributed by atoms with van der Waals surface area (Å²) in [5, 5.41) is 8.83. The van der Waals surface area contributed by atoms with Crippen molar-refractivity contribution in [3.63, 3.8) is 0 Å². The molecule has 0 radical (unpaired) electrons. The Labute approximate surface area is 255 Å². The van der Waals surface area contributed by atoms with Gasteiger partial charge in [-0.1, -0.05) is 112 Å². The number of hydrogen-bond acceptors (Lipinski definition) is 4. The molecule has 1 aliphatic rings. The van der Waals surface area contributed by atoms with Crippen molar-refractivity contribution < 1.29 is 19.2 Å². The monoisotopic (exact) mass is 586 g/mol. The predicted molar refractivity (Wildman–Crippen MR) is 171 cm³/mol. The second-order valence-electron chi connectivity index (χ2n) is 11.0. The molecule has 0 fully saturated rings. The molecule has 8 nitrogen and oxygen atoms in total. The molecule has 0 saturated heterocycles. The summed E-state index contributed by atoms with van der Waals surface area (Å²) < 4.78 is 0. The minimum Gasteiger partial charge on any atom is -0.370 e. The molecule has 3 rings (SSSR count). The van der Waals surface area contributed by atoms with E-state index in [4.69, 9.17) is 5.73 Å². The molecule has 5 N–H and O–H groups in total. The van der Waals surface area contributed by atoms with Gasteiger partial charge in [-0.05, 0) is 42.0 Å².